The molecule has 3 aliphatic rings. The van der Waals surface area contributed by atoms with Crippen molar-refractivity contribution in [1.82, 2.24) is 15.0 Å². The fraction of sp³-hybridized carbons (Fsp3) is 0.765. The highest BCUT2D eigenvalue weighted by molar-refractivity contribution is 5.81. The molecule has 3 fully saturated rings. The van der Waals surface area contributed by atoms with Crippen LogP contribution in [0.15, 0.2) is 10.6 Å². The van der Waals surface area contributed by atoms with E-state index in [0.29, 0.717) is 32.2 Å². The van der Waals surface area contributed by atoms with Crippen LogP contribution in [0.1, 0.15) is 24.3 Å². The van der Waals surface area contributed by atoms with E-state index in [9.17, 15) is 4.79 Å². The van der Waals surface area contributed by atoms with Gasteiger partial charge in [-0.25, -0.2) is 0 Å². The highest BCUT2D eigenvalue weighted by Gasteiger charge is 2.43. The molecule has 4 heterocycles. The number of ether oxygens (including phenoxy) is 2. The summed E-state index contributed by atoms with van der Waals surface area (Å²) >= 11 is 0. The van der Waals surface area contributed by atoms with Crippen LogP contribution in [0.4, 0.5) is 0 Å². The lowest BCUT2D eigenvalue weighted by atomic mass is 9.91. The predicted octanol–water partition coefficient (Wildman–Crippen LogP) is 0.821. The molecule has 1 aromatic rings. The van der Waals surface area contributed by atoms with Crippen molar-refractivity contribution < 1.29 is 18.8 Å². The standard InChI is InChI=1S/C17H25N3O4/c1-12-8-14(18-24-12)10-19-3-2-13-9-15(23-16(13)11-19)17(21)20-4-6-22-7-5-20/h8,13,15-16H,2-7,9-11H2,1H3/t13-,15+,16+/m1/s1. The van der Waals surface area contributed by atoms with Gasteiger partial charge in [0.1, 0.15) is 11.9 Å². The minimum atomic E-state index is -0.271. The summed E-state index contributed by atoms with van der Waals surface area (Å²) in [7, 11) is 0. The summed E-state index contributed by atoms with van der Waals surface area (Å²) in [4.78, 5) is 16.9. The summed E-state index contributed by atoms with van der Waals surface area (Å²) in [5.41, 5.74) is 0.963. The molecular weight excluding hydrogens is 310 g/mol. The van der Waals surface area contributed by atoms with Crippen LogP contribution in [0.5, 0.6) is 0 Å². The number of carbonyl (C=O) groups is 1. The number of piperidine rings is 1. The molecule has 4 rings (SSSR count). The largest absolute Gasteiger partial charge is 0.378 e. The Bertz CT molecular complexity index is 584. The van der Waals surface area contributed by atoms with Crippen molar-refractivity contribution in [3.05, 3.63) is 17.5 Å². The average Bonchev–Trinajstić information content (AvgIpc) is 3.20. The number of carbonyl (C=O) groups excluding carboxylic acids is 1. The topological polar surface area (TPSA) is 68.0 Å². The van der Waals surface area contributed by atoms with Crippen molar-refractivity contribution in [2.24, 2.45) is 5.92 Å². The summed E-state index contributed by atoms with van der Waals surface area (Å²) in [6.07, 6.45) is 1.82. The second-order valence-corrected chi connectivity index (χ2v) is 7.05. The van der Waals surface area contributed by atoms with Crippen molar-refractivity contribution in [3.63, 3.8) is 0 Å². The average molecular weight is 335 g/mol. The lowest BCUT2D eigenvalue weighted by Gasteiger charge is -2.33. The van der Waals surface area contributed by atoms with Gasteiger partial charge < -0.3 is 18.9 Å². The normalized spacial score (nSPS) is 31.2. The number of hydrogen-bond acceptors (Lipinski definition) is 6. The van der Waals surface area contributed by atoms with Crippen molar-refractivity contribution in [2.45, 2.75) is 38.5 Å². The lowest BCUT2D eigenvalue weighted by Crippen LogP contribution is -2.46. The van der Waals surface area contributed by atoms with E-state index < -0.39 is 0 Å². The molecule has 7 heteroatoms. The van der Waals surface area contributed by atoms with Crippen LogP contribution in [0.25, 0.3) is 0 Å². The van der Waals surface area contributed by atoms with Crippen LogP contribution >= 0.6 is 0 Å². The summed E-state index contributed by atoms with van der Waals surface area (Å²) in [5.74, 6) is 1.48. The molecule has 7 nitrogen and oxygen atoms in total. The van der Waals surface area contributed by atoms with Gasteiger partial charge in [-0.15, -0.1) is 0 Å². The summed E-state index contributed by atoms with van der Waals surface area (Å²) in [6, 6.07) is 1.98. The summed E-state index contributed by atoms with van der Waals surface area (Å²) < 4.78 is 16.6. The smallest absolute Gasteiger partial charge is 0.251 e. The Balaban J connectivity index is 1.32. The van der Waals surface area contributed by atoms with Gasteiger partial charge in [0, 0.05) is 32.2 Å². The van der Waals surface area contributed by atoms with Crippen LogP contribution in [0.3, 0.4) is 0 Å². The molecule has 3 atom stereocenters. The second kappa shape index (κ2) is 6.82. The third-order valence-corrected chi connectivity index (χ3v) is 5.30. The van der Waals surface area contributed by atoms with Crippen molar-refractivity contribution >= 4 is 5.91 Å². The number of morpholine rings is 1. The van der Waals surface area contributed by atoms with Gasteiger partial charge in [0.25, 0.3) is 5.91 Å². The molecule has 0 aromatic carbocycles. The van der Waals surface area contributed by atoms with E-state index in [-0.39, 0.29) is 18.1 Å². The third-order valence-electron chi connectivity index (χ3n) is 5.30. The molecule has 0 saturated carbocycles. The minimum absolute atomic E-state index is 0.145. The van der Waals surface area contributed by atoms with Gasteiger partial charge in [0.15, 0.2) is 0 Å². The van der Waals surface area contributed by atoms with E-state index in [1.165, 1.54) is 0 Å². The number of aryl methyl sites for hydroxylation is 1. The third kappa shape index (κ3) is 3.34. The van der Waals surface area contributed by atoms with Crippen LogP contribution in [0.2, 0.25) is 0 Å². The van der Waals surface area contributed by atoms with E-state index in [1.807, 2.05) is 17.9 Å². The Morgan fingerprint density at radius 3 is 2.92 bits per heavy atom. The van der Waals surface area contributed by atoms with Gasteiger partial charge in [-0.1, -0.05) is 5.16 Å². The zero-order valence-electron chi connectivity index (χ0n) is 14.1. The fourth-order valence-electron chi connectivity index (χ4n) is 4.01. The van der Waals surface area contributed by atoms with E-state index in [1.54, 1.807) is 0 Å². The fourth-order valence-corrected chi connectivity index (χ4v) is 4.01. The number of fused-ring (bicyclic) bond motifs is 1. The molecule has 0 radical (unpaired) electrons. The zero-order valence-corrected chi connectivity index (χ0v) is 14.1. The number of aromatic nitrogens is 1. The van der Waals surface area contributed by atoms with Crippen LogP contribution in [-0.2, 0) is 20.8 Å². The first kappa shape index (κ1) is 16.1. The highest BCUT2D eigenvalue weighted by Crippen LogP contribution is 2.34. The summed E-state index contributed by atoms with van der Waals surface area (Å²) in [6.45, 7) is 7.22. The SMILES string of the molecule is Cc1cc(CN2CC[C@@H]3C[C@@H](C(=O)N4CCOCC4)O[C@H]3C2)no1. The van der Waals surface area contributed by atoms with Crippen LogP contribution in [0, 0.1) is 12.8 Å². The van der Waals surface area contributed by atoms with Crippen molar-refractivity contribution in [1.29, 1.82) is 0 Å². The summed E-state index contributed by atoms with van der Waals surface area (Å²) in [5, 5.41) is 4.07. The maximum atomic E-state index is 12.6. The Labute approximate surface area is 141 Å². The maximum absolute atomic E-state index is 12.6. The molecule has 0 unspecified atom stereocenters. The molecule has 0 aliphatic carbocycles. The molecule has 0 bridgehead atoms. The second-order valence-electron chi connectivity index (χ2n) is 7.05. The van der Waals surface area contributed by atoms with Crippen LogP contribution < -0.4 is 0 Å². The van der Waals surface area contributed by atoms with Crippen molar-refractivity contribution in [2.75, 3.05) is 39.4 Å². The molecule has 1 amide bonds. The van der Waals surface area contributed by atoms with Gasteiger partial charge >= 0.3 is 0 Å². The van der Waals surface area contributed by atoms with Crippen molar-refractivity contribution in [3.8, 4) is 0 Å². The Kier molecular flexibility index (Phi) is 4.56. The van der Waals surface area contributed by atoms with E-state index in [2.05, 4.69) is 10.1 Å². The Hall–Kier alpha value is -1.44. The van der Waals surface area contributed by atoms with Gasteiger partial charge in [-0.05, 0) is 32.2 Å². The Morgan fingerprint density at radius 1 is 1.33 bits per heavy atom. The van der Waals surface area contributed by atoms with Gasteiger partial charge in [0.05, 0.1) is 25.0 Å². The van der Waals surface area contributed by atoms with Gasteiger partial charge in [-0.3, -0.25) is 9.69 Å². The molecular formula is C17H25N3O4. The quantitative estimate of drug-likeness (QED) is 0.815. The van der Waals surface area contributed by atoms with E-state index >= 15 is 0 Å². The zero-order chi connectivity index (χ0) is 16.5. The molecule has 0 N–H and O–H groups in total. The minimum Gasteiger partial charge on any atom is -0.378 e. The monoisotopic (exact) mass is 335 g/mol. The lowest BCUT2D eigenvalue weighted by molar-refractivity contribution is -0.147. The number of rotatable bonds is 3. The first-order valence-corrected chi connectivity index (χ1v) is 8.85. The number of likely N-dealkylation sites (tertiary alicyclic amines) is 1. The van der Waals surface area contributed by atoms with E-state index in [4.69, 9.17) is 14.0 Å². The number of nitrogens with zero attached hydrogens (tertiary/aromatic N) is 3. The van der Waals surface area contributed by atoms with Gasteiger partial charge in [-0.2, -0.15) is 0 Å². The predicted molar refractivity (Wildman–Crippen MR) is 85.3 cm³/mol. The van der Waals surface area contributed by atoms with E-state index in [0.717, 1.165) is 43.9 Å². The van der Waals surface area contributed by atoms with Gasteiger partial charge in [0.2, 0.25) is 0 Å². The molecule has 1 aromatic heterocycles. The van der Waals surface area contributed by atoms with Crippen LogP contribution in [-0.4, -0.2) is 72.5 Å². The number of hydrogen-bond donors (Lipinski definition) is 0. The Morgan fingerprint density at radius 2 is 2.17 bits per heavy atom. The molecule has 0 spiro atoms. The first-order valence-electron chi connectivity index (χ1n) is 8.85. The molecule has 3 saturated heterocycles. The molecule has 3 aliphatic heterocycles. The number of amides is 1. The molecule has 24 heavy (non-hydrogen) atoms. The molecule has 132 valence electrons. The maximum Gasteiger partial charge on any atom is 0.251 e. The first-order chi connectivity index (χ1) is 11.7. The highest BCUT2D eigenvalue weighted by atomic mass is 16.5.